The molecule has 2 rings (SSSR count). The van der Waals surface area contributed by atoms with Gasteiger partial charge in [-0.3, -0.25) is 5.10 Å². The van der Waals surface area contributed by atoms with Crippen LogP contribution >= 0.6 is 32.9 Å². The van der Waals surface area contributed by atoms with E-state index < -0.39 is 0 Å². The maximum Gasteiger partial charge on any atom is 0.0650 e. The molecule has 1 N–H and O–H groups in total. The van der Waals surface area contributed by atoms with Gasteiger partial charge >= 0.3 is 0 Å². The fourth-order valence-corrected chi connectivity index (χ4v) is 1.59. The van der Waals surface area contributed by atoms with Crippen molar-refractivity contribution in [3.05, 3.63) is 42.1 Å². The highest BCUT2D eigenvalue weighted by molar-refractivity contribution is 9.08. The van der Waals surface area contributed by atoms with Gasteiger partial charge in [0.05, 0.1) is 5.69 Å². The lowest BCUT2D eigenvalue weighted by atomic mass is 10.1. The summed E-state index contributed by atoms with van der Waals surface area (Å²) in [6.45, 7) is 0. The van der Waals surface area contributed by atoms with Crippen molar-refractivity contribution in [2.24, 2.45) is 0 Å². The molecule has 2 aromatic rings. The second-order valence-electron chi connectivity index (χ2n) is 2.80. The zero-order valence-electron chi connectivity index (χ0n) is 7.40. The summed E-state index contributed by atoms with van der Waals surface area (Å²) in [5, 5.41) is 7.74. The molecule has 1 aromatic carbocycles. The summed E-state index contributed by atoms with van der Waals surface area (Å²) in [7, 11) is 0. The number of rotatable bonds is 2. The van der Waals surface area contributed by atoms with Gasteiger partial charge in [-0.2, -0.15) is 5.10 Å². The van der Waals surface area contributed by atoms with Gasteiger partial charge in [0.15, 0.2) is 0 Å². The van der Waals surface area contributed by atoms with Crippen molar-refractivity contribution in [2.75, 3.05) is 0 Å². The van der Waals surface area contributed by atoms with Gasteiger partial charge in [0.1, 0.15) is 0 Å². The zero-order valence-corrected chi connectivity index (χ0v) is 10.7. The van der Waals surface area contributed by atoms with Crippen LogP contribution in [0, 0.1) is 0 Å². The molecule has 0 bridgehead atoms. The Morgan fingerprint density at radius 2 is 2.14 bits per heavy atom. The molecule has 0 saturated carbocycles. The van der Waals surface area contributed by atoms with Crippen LogP contribution in [0.4, 0.5) is 0 Å². The Balaban J connectivity index is 0.000000980. The molecule has 0 atom stereocenters. The first-order valence-corrected chi connectivity index (χ1v) is 5.17. The number of H-pyrrole nitrogens is 1. The number of nitrogens with zero attached hydrogens (tertiary/aromatic N) is 1. The maximum atomic E-state index is 3.92. The first-order chi connectivity index (χ1) is 6.40. The van der Waals surface area contributed by atoms with Crippen molar-refractivity contribution in [1.29, 1.82) is 0 Å². The van der Waals surface area contributed by atoms with E-state index in [1.807, 2.05) is 12.1 Å². The third kappa shape index (κ3) is 2.45. The molecule has 2 nitrogen and oxygen atoms in total. The molecule has 0 saturated heterocycles. The second kappa shape index (κ2) is 5.32. The summed E-state index contributed by atoms with van der Waals surface area (Å²) in [5.74, 6) is 0. The van der Waals surface area contributed by atoms with Crippen LogP contribution in [0.15, 0.2) is 36.5 Å². The van der Waals surface area contributed by atoms with E-state index in [9.17, 15) is 0 Å². The number of halogens is 2. The van der Waals surface area contributed by atoms with Crippen molar-refractivity contribution in [2.45, 2.75) is 5.33 Å². The maximum absolute atomic E-state index is 3.92. The first kappa shape index (κ1) is 11.5. The summed E-state index contributed by atoms with van der Waals surface area (Å²) in [4.78, 5) is 0. The molecule has 74 valence electrons. The van der Waals surface area contributed by atoms with E-state index in [4.69, 9.17) is 0 Å². The fourth-order valence-electron chi connectivity index (χ4n) is 1.24. The Bertz CT molecular complexity index is 385. The van der Waals surface area contributed by atoms with Crippen LogP contribution in [0.1, 0.15) is 5.56 Å². The zero-order chi connectivity index (χ0) is 9.10. The van der Waals surface area contributed by atoms with Crippen LogP contribution in [0.2, 0.25) is 0 Å². The van der Waals surface area contributed by atoms with Crippen LogP contribution < -0.4 is 0 Å². The molecule has 4 heteroatoms. The standard InChI is InChI=1S/C10H9BrN2.BrH/c11-7-8-2-1-3-9(6-8)10-4-5-12-13-10;/h1-6H,7H2,(H,12,13);1H. The summed E-state index contributed by atoms with van der Waals surface area (Å²) >= 11 is 3.43. The molecule has 0 radical (unpaired) electrons. The van der Waals surface area contributed by atoms with E-state index in [0.29, 0.717) is 0 Å². The van der Waals surface area contributed by atoms with Crippen LogP contribution in [0.25, 0.3) is 11.3 Å². The normalized spacial score (nSPS) is 9.50. The molecule has 1 heterocycles. The third-order valence-electron chi connectivity index (χ3n) is 1.89. The molecule has 0 aliphatic heterocycles. The lowest BCUT2D eigenvalue weighted by Gasteiger charge is -1.99. The van der Waals surface area contributed by atoms with E-state index in [-0.39, 0.29) is 17.0 Å². The fraction of sp³-hybridized carbons (Fsp3) is 0.100. The molecule has 0 fully saturated rings. The minimum absolute atomic E-state index is 0. The molecule has 0 aliphatic carbocycles. The number of hydrogen-bond acceptors (Lipinski definition) is 1. The molecule has 1 aromatic heterocycles. The lowest BCUT2D eigenvalue weighted by Crippen LogP contribution is -1.81. The Morgan fingerprint density at radius 1 is 1.29 bits per heavy atom. The number of aromatic amines is 1. The van der Waals surface area contributed by atoms with Gasteiger partial charge in [-0.1, -0.05) is 34.1 Å². The topological polar surface area (TPSA) is 28.7 Å². The Morgan fingerprint density at radius 3 is 2.79 bits per heavy atom. The van der Waals surface area contributed by atoms with Crippen molar-refractivity contribution < 1.29 is 0 Å². The molecular weight excluding hydrogens is 308 g/mol. The predicted octanol–water partition coefficient (Wildman–Crippen LogP) is 3.55. The van der Waals surface area contributed by atoms with Gasteiger partial charge in [0.2, 0.25) is 0 Å². The van der Waals surface area contributed by atoms with Gasteiger partial charge in [-0.25, -0.2) is 0 Å². The molecule has 0 aliphatic rings. The average Bonchev–Trinajstić information content (AvgIpc) is 2.71. The Kier molecular flexibility index (Phi) is 4.35. The molecule has 0 amide bonds. The number of nitrogens with one attached hydrogen (secondary N) is 1. The smallest absolute Gasteiger partial charge is 0.0650 e. The van der Waals surface area contributed by atoms with Crippen LogP contribution in [0.3, 0.4) is 0 Å². The summed E-state index contributed by atoms with van der Waals surface area (Å²) in [5.41, 5.74) is 3.50. The molecule has 14 heavy (non-hydrogen) atoms. The van der Waals surface area contributed by atoms with Crippen molar-refractivity contribution in [3.8, 4) is 11.3 Å². The summed E-state index contributed by atoms with van der Waals surface area (Å²) < 4.78 is 0. The highest BCUT2D eigenvalue weighted by Crippen LogP contribution is 2.18. The van der Waals surface area contributed by atoms with Crippen LogP contribution in [0.5, 0.6) is 0 Å². The Labute approximate surface area is 102 Å². The van der Waals surface area contributed by atoms with Crippen LogP contribution in [-0.4, -0.2) is 10.2 Å². The SMILES string of the molecule is Br.BrCc1cccc(-c2ccn[nH]2)c1. The third-order valence-corrected chi connectivity index (χ3v) is 2.54. The van der Waals surface area contributed by atoms with Gasteiger partial charge in [0.25, 0.3) is 0 Å². The summed E-state index contributed by atoms with van der Waals surface area (Å²) in [6, 6.07) is 10.3. The number of benzene rings is 1. The Hall–Kier alpha value is -0.610. The molecule has 0 unspecified atom stereocenters. The highest BCUT2D eigenvalue weighted by Gasteiger charge is 1.98. The van der Waals surface area contributed by atoms with E-state index in [0.717, 1.165) is 11.0 Å². The predicted molar refractivity (Wildman–Crippen MR) is 67.0 cm³/mol. The van der Waals surface area contributed by atoms with E-state index in [2.05, 4.69) is 44.3 Å². The average molecular weight is 318 g/mol. The monoisotopic (exact) mass is 316 g/mol. The van der Waals surface area contributed by atoms with Crippen molar-refractivity contribution in [3.63, 3.8) is 0 Å². The second-order valence-corrected chi connectivity index (χ2v) is 3.37. The first-order valence-electron chi connectivity index (χ1n) is 4.05. The van der Waals surface area contributed by atoms with Crippen molar-refractivity contribution in [1.82, 2.24) is 10.2 Å². The molecular formula is C10H10Br2N2. The van der Waals surface area contributed by atoms with Gasteiger partial charge < -0.3 is 0 Å². The van der Waals surface area contributed by atoms with E-state index >= 15 is 0 Å². The lowest BCUT2D eigenvalue weighted by molar-refractivity contribution is 1.09. The van der Waals surface area contributed by atoms with Gasteiger partial charge in [-0.05, 0) is 23.3 Å². The van der Waals surface area contributed by atoms with Crippen molar-refractivity contribution >= 4 is 32.9 Å². The highest BCUT2D eigenvalue weighted by atomic mass is 79.9. The molecule has 0 spiro atoms. The largest absolute Gasteiger partial charge is 0.278 e. The van der Waals surface area contributed by atoms with E-state index in [1.165, 1.54) is 11.1 Å². The number of hydrogen-bond donors (Lipinski definition) is 1. The van der Waals surface area contributed by atoms with Gasteiger partial charge in [0, 0.05) is 11.5 Å². The number of alkyl halides is 1. The van der Waals surface area contributed by atoms with E-state index in [1.54, 1.807) is 6.20 Å². The number of aromatic nitrogens is 2. The van der Waals surface area contributed by atoms with Crippen LogP contribution in [-0.2, 0) is 5.33 Å². The van der Waals surface area contributed by atoms with Gasteiger partial charge in [-0.15, -0.1) is 17.0 Å². The summed E-state index contributed by atoms with van der Waals surface area (Å²) in [6.07, 6.45) is 1.76. The quantitative estimate of drug-likeness (QED) is 0.843. The minimum atomic E-state index is 0. The minimum Gasteiger partial charge on any atom is -0.278 e.